The Morgan fingerprint density at radius 2 is 1.72 bits per heavy atom. The van der Waals surface area contributed by atoms with E-state index in [0.29, 0.717) is 12.8 Å². The minimum absolute atomic E-state index is 0.157. The highest BCUT2D eigenvalue weighted by Gasteiger charge is 2.56. The Labute approximate surface area is 103 Å². The van der Waals surface area contributed by atoms with Crippen molar-refractivity contribution in [2.75, 3.05) is 6.54 Å². The van der Waals surface area contributed by atoms with Crippen molar-refractivity contribution in [3.05, 3.63) is 0 Å². The quantitative estimate of drug-likeness (QED) is 0.515. The lowest BCUT2D eigenvalue weighted by molar-refractivity contribution is -0.154. The average molecular weight is 251 g/mol. The van der Waals surface area contributed by atoms with Gasteiger partial charge in [-0.3, -0.25) is 19.7 Å². The molecule has 3 aliphatic rings. The standard InChI is InChI=1S/C11H13N3O4/c15-7-6-13(10(18)12-7)14-8(16)5-11(9(14)17)3-1-2-4-11/h1-6H2,(H,12,15,18). The molecule has 0 aromatic heterocycles. The van der Waals surface area contributed by atoms with Crippen LogP contribution in [0.5, 0.6) is 0 Å². The molecule has 3 fully saturated rings. The molecule has 0 atom stereocenters. The highest BCUT2D eigenvalue weighted by molar-refractivity contribution is 6.10. The van der Waals surface area contributed by atoms with Crippen LogP contribution in [0.3, 0.4) is 0 Å². The molecule has 96 valence electrons. The van der Waals surface area contributed by atoms with Gasteiger partial charge in [-0.2, -0.15) is 5.01 Å². The number of urea groups is 1. The van der Waals surface area contributed by atoms with Gasteiger partial charge in [0.05, 0.1) is 5.41 Å². The average Bonchev–Trinajstić information content (AvgIpc) is 2.93. The molecule has 2 saturated heterocycles. The van der Waals surface area contributed by atoms with E-state index in [2.05, 4.69) is 5.32 Å². The molecule has 2 aliphatic heterocycles. The third-order valence-corrected chi connectivity index (χ3v) is 3.95. The number of nitrogens with zero attached hydrogens (tertiary/aromatic N) is 2. The number of nitrogens with one attached hydrogen (secondary N) is 1. The summed E-state index contributed by atoms with van der Waals surface area (Å²) < 4.78 is 0. The highest BCUT2D eigenvalue weighted by Crippen LogP contribution is 2.47. The summed E-state index contributed by atoms with van der Waals surface area (Å²) in [5.41, 5.74) is -0.622. The van der Waals surface area contributed by atoms with Gasteiger partial charge in [-0.05, 0) is 12.8 Å². The Hall–Kier alpha value is -1.92. The van der Waals surface area contributed by atoms with Gasteiger partial charge in [0, 0.05) is 6.42 Å². The largest absolute Gasteiger partial charge is 0.343 e. The van der Waals surface area contributed by atoms with Crippen LogP contribution in [0.25, 0.3) is 0 Å². The number of imide groups is 2. The lowest BCUT2D eigenvalue weighted by Gasteiger charge is -2.26. The third kappa shape index (κ3) is 1.36. The normalized spacial score (nSPS) is 26.7. The van der Waals surface area contributed by atoms with Crippen LogP contribution in [0.1, 0.15) is 32.1 Å². The molecule has 1 saturated carbocycles. The molecule has 7 heteroatoms. The number of hydrazine groups is 1. The first-order valence-electron chi connectivity index (χ1n) is 6.02. The first-order chi connectivity index (χ1) is 8.53. The number of amides is 5. The highest BCUT2D eigenvalue weighted by atomic mass is 16.2. The maximum absolute atomic E-state index is 12.4. The van der Waals surface area contributed by atoms with Crippen molar-refractivity contribution in [3.8, 4) is 0 Å². The van der Waals surface area contributed by atoms with Gasteiger partial charge in [0.2, 0.25) is 11.8 Å². The first kappa shape index (κ1) is 11.2. The number of hydrogen-bond acceptors (Lipinski definition) is 4. The van der Waals surface area contributed by atoms with Crippen LogP contribution >= 0.6 is 0 Å². The number of rotatable bonds is 1. The van der Waals surface area contributed by atoms with Crippen molar-refractivity contribution in [1.29, 1.82) is 0 Å². The van der Waals surface area contributed by atoms with Crippen molar-refractivity contribution in [2.24, 2.45) is 5.41 Å². The maximum Gasteiger partial charge on any atom is 0.343 e. The van der Waals surface area contributed by atoms with Crippen LogP contribution in [0, 0.1) is 5.41 Å². The topological polar surface area (TPSA) is 86.8 Å². The summed E-state index contributed by atoms with van der Waals surface area (Å²) in [5, 5.41) is 3.85. The Balaban J connectivity index is 1.89. The zero-order chi connectivity index (χ0) is 12.9. The molecule has 1 spiro atoms. The fraction of sp³-hybridized carbons (Fsp3) is 0.636. The molecule has 18 heavy (non-hydrogen) atoms. The van der Waals surface area contributed by atoms with Gasteiger partial charge in [0.15, 0.2) is 0 Å². The van der Waals surface area contributed by atoms with Crippen molar-refractivity contribution in [1.82, 2.24) is 15.3 Å². The van der Waals surface area contributed by atoms with E-state index in [1.165, 1.54) is 0 Å². The number of hydrogen-bond donors (Lipinski definition) is 1. The van der Waals surface area contributed by atoms with Gasteiger partial charge < -0.3 is 0 Å². The second-order valence-electron chi connectivity index (χ2n) is 5.09. The van der Waals surface area contributed by atoms with Gasteiger partial charge in [0.25, 0.3) is 5.91 Å². The second-order valence-corrected chi connectivity index (χ2v) is 5.09. The predicted molar refractivity (Wildman–Crippen MR) is 57.6 cm³/mol. The molecule has 0 unspecified atom stereocenters. The summed E-state index contributed by atoms with van der Waals surface area (Å²) in [5.74, 6) is -1.20. The molecular weight excluding hydrogens is 238 g/mol. The van der Waals surface area contributed by atoms with Crippen molar-refractivity contribution in [3.63, 3.8) is 0 Å². The second kappa shape index (κ2) is 3.54. The molecule has 0 aromatic rings. The van der Waals surface area contributed by atoms with Crippen LogP contribution in [-0.2, 0) is 14.4 Å². The number of carbonyl (C=O) groups excluding carboxylic acids is 4. The zero-order valence-electron chi connectivity index (χ0n) is 9.77. The van der Waals surface area contributed by atoms with Crippen molar-refractivity contribution >= 4 is 23.8 Å². The van der Waals surface area contributed by atoms with Crippen LogP contribution in [0.15, 0.2) is 0 Å². The van der Waals surface area contributed by atoms with E-state index >= 15 is 0 Å². The first-order valence-corrected chi connectivity index (χ1v) is 6.02. The van der Waals surface area contributed by atoms with E-state index in [0.717, 1.165) is 22.9 Å². The van der Waals surface area contributed by atoms with E-state index in [1.54, 1.807) is 0 Å². The predicted octanol–water partition coefficient (Wildman–Crippen LogP) is -0.227. The Morgan fingerprint density at radius 3 is 2.28 bits per heavy atom. The maximum atomic E-state index is 12.4. The summed E-state index contributed by atoms with van der Waals surface area (Å²) in [6, 6.07) is -0.697. The SMILES string of the molecule is O=C1CN(N2C(=O)CC3(CCCC3)C2=O)C(=O)N1. The smallest absolute Gasteiger partial charge is 0.275 e. The molecule has 0 aromatic carbocycles. The molecule has 7 nitrogen and oxygen atoms in total. The van der Waals surface area contributed by atoms with E-state index in [1.807, 2.05) is 0 Å². The van der Waals surface area contributed by atoms with Crippen LogP contribution in [0.2, 0.25) is 0 Å². The lowest BCUT2D eigenvalue weighted by Crippen LogP contribution is -2.49. The van der Waals surface area contributed by atoms with E-state index < -0.39 is 17.4 Å². The zero-order valence-corrected chi connectivity index (χ0v) is 9.77. The lowest BCUT2D eigenvalue weighted by atomic mass is 9.85. The molecule has 0 radical (unpaired) electrons. The van der Waals surface area contributed by atoms with Crippen molar-refractivity contribution in [2.45, 2.75) is 32.1 Å². The van der Waals surface area contributed by atoms with E-state index in [-0.39, 0.29) is 24.8 Å². The molecular formula is C11H13N3O4. The van der Waals surface area contributed by atoms with Gasteiger partial charge in [-0.25, -0.2) is 9.80 Å². The summed E-state index contributed by atoms with van der Waals surface area (Å²) in [6.07, 6.45) is 3.40. The molecule has 3 rings (SSSR count). The molecule has 0 bridgehead atoms. The van der Waals surface area contributed by atoms with Gasteiger partial charge in [0.1, 0.15) is 6.54 Å². The number of carbonyl (C=O) groups is 4. The third-order valence-electron chi connectivity index (χ3n) is 3.95. The fourth-order valence-electron chi connectivity index (χ4n) is 3.06. The van der Waals surface area contributed by atoms with Crippen molar-refractivity contribution < 1.29 is 19.2 Å². The summed E-state index contributed by atoms with van der Waals surface area (Å²) in [6.45, 7) is -0.258. The summed E-state index contributed by atoms with van der Waals surface area (Å²) >= 11 is 0. The van der Waals surface area contributed by atoms with Gasteiger partial charge in [-0.15, -0.1) is 0 Å². The van der Waals surface area contributed by atoms with Gasteiger partial charge >= 0.3 is 6.03 Å². The van der Waals surface area contributed by atoms with E-state index in [4.69, 9.17) is 0 Å². The van der Waals surface area contributed by atoms with Crippen LogP contribution < -0.4 is 5.32 Å². The fourth-order valence-corrected chi connectivity index (χ4v) is 3.06. The van der Waals surface area contributed by atoms with E-state index in [9.17, 15) is 19.2 Å². The van der Waals surface area contributed by atoms with Crippen LogP contribution in [0.4, 0.5) is 4.79 Å². The summed E-state index contributed by atoms with van der Waals surface area (Å²) in [4.78, 5) is 46.9. The Morgan fingerprint density at radius 1 is 1.06 bits per heavy atom. The minimum atomic E-state index is -0.697. The van der Waals surface area contributed by atoms with Crippen LogP contribution in [-0.4, -0.2) is 40.3 Å². The minimum Gasteiger partial charge on any atom is -0.275 e. The van der Waals surface area contributed by atoms with Gasteiger partial charge in [-0.1, -0.05) is 12.8 Å². The Kier molecular flexibility index (Phi) is 2.20. The Bertz CT molecular complexity index is 467. The molecule has 1 N–H and O–H groups in total. The molecule has 5 amide bonds. The summed E-state index contributed by atoms with van der Waals surface area (Å²) in [7, 11) is 0. The molecule has 1 aliphatic carbocycles. The molecule has 2 heterocycles. The monoisotopic (exact) mass is 251 g/mol.